The molecule has 0 aromatic heterocycles. The van der Waals surface area contributed by atoms with Gasteiger partial charge in [0.2, 0.25) is 0 Å². The molecule has 2 aliphatic heterocycles. The van der Waals surface area contributed by atoms with Crippen molar-refractivity contribution in [2.75, 3.05) is 19.6 Å². The lowest BCUT2D eigenvalue weighted by molar-refractivity contribution is -0.421. The third-order valence-corrected chi connectivity index (χ3v) is 5.27. The summed E-state index contributed by atoms with van der Waals surface area (Å²) in [6.07, 6.45) is 5.74. The predicted molar refractivity (Wildman–Crippen MR) is 87.3 cm³/mol. The molecule has 0 spiro atoms. The van der Waals surface area contributed by atoms with E-state index in [-0.39, 0.29) is 34.3 Å². The van der Waals surface area contributed by atoms with Crippen molar-refractivity contribution in [3.05, 3.63) is 33.7 Å². The van der Waals surface area contributed by atoms with E-state index in [9.17, 15) is 14.9 Å². The Labute approximate surface area is 137 Å². The van der Waals surface area contributed by atoms with E-state index in [0.29, 0.717) is 18.2 Å². The number of carbonyl (C=O) groups is 1. The Morgan fingerprint density at radius 1 is 1.30 bits per heavy atom. The number of hydrogen-bond donors (Lipinski definition) is 0. The number of allylic oxidation sites excluding steroid dienone is 2. The maximum atomic E-state index is 12.2. The minimum atomic E-state index is -0.350. The molecular formula is C17H25N3O3. The molecule has 3 rings (SSSR count). The lowest BCUT2D eigenvalue weighted by atomic mass is 9.88. The van der Waals surface area contributed by atoms with Gasteiger partial charge in [-0.05, 0) is 40.2 Å². The fourth-order valence-electron chi connectivity index (χ4n) is 3.88. The van der Waals surface area contributed by atoms with Crippen molar-refractivity contribution in [3.63, 3.8) is 0 Å². The molecule has 23 heavy (non-hydrogen) atoms. The molecule has 2 unspecified atom stereocenters. The molecule has 0 aromatic carbocycles. The van der Waals surface area contributed by atoms with Crippen molar-refractivity contribution in [1.82, 2.24) is 9.80 Å². The van der Waals surface area contributed by atoms with Crippen molar-refractivity contribution in [2.24, 2.45) is 5.92 Å². The van der Waals surface area contributed by atoms with Gasteiger partial charge in [-0.25, -0.2) is 0 Å². The zero-order chi connectivity index (χ0) is 16.8. The van der Waals surface area contributed by atoms with Crippen molar-refractivity contribution in [3.8, 4) is 0 Å². The van der Waals surface area contributed by atoms with Gasteiger partial charge in [-0.2, -0.15) is 0 Å². The highest BCUT2D eigenvalue weighted by atomic mass is 16.6. The molecule has 3 aliphatic rings. The number of carbonyl (C=O) groups excluding carboxylic acids is 1. The van der Waals surface area contributed by atoms with E-state index in [4.69, 9.17) is 0 Å². The van der Waals surface area contributed by atoms with Crippen molar-refractivity contribution < 1.29 is 9.72 Å². The number of fused-ring (bicyclic) bond motifs is 1. The topological polar surface area (TPSA) is 66.7 Å². The third-order valence-electron chi connectivity index (χ3n) is 5.27. The second-order valence-electron chi connectivity index (χ2n) is 7.76. The fourth-order valence-corrected chi connectivity index (χ4v) is 3.88. The summed E-state index contributed by atoms with van der Waals surface area (Å²) in [5.41, 5.74) is 0.861. The zero-order valence-corrected chi connectivity index (χ0v) is 14.1. The van der Waals surface area contributed by atoms with Gasteiger partial charge in [0.25, 0.3) is 5.70 Å². The van der Waals surface area contributed by atoms with Gasteiger partial charge in [0, 0.05) is 43.4 Å². The first-order chi connectivity index (χ1) is 10.8. The second kappa shape index (κ2) is 5.74. The van der Waals surface area contributed by atoms with Gasteiger partial charge in [-0.15, -0.1) is 0 Å². The Kier molecular flexibility index (Phi) is 4.04. The quantitative estimate of drug-likeness (QED) is 0.576. The maximum Gasteiger partial charge on any atom is 0.271 e. The van der Waals surface area contributed by atoms with Crippen LogP contribution in [0.5, 0.6) is 0 Å². The van der Waals surface area contributed by atoms with Crippen LogP contribution in [-0.4, -0.2) is 51.7 Å². The summed E-state index contributed by atoms with van der Waals surface area (Å²) in [5.74, 6) is -0.210. The van der Waals surface area contributed by atoms with Gasteiger partial charge in [0.1, 0.15) is 5.78 Å². The Morgan fingerprint density at radius 2 is 2.04 bits per heavy atom. The summed E-state index contributed by atoms with van der Waals surface area (Å²) in [7, 11) is 0. The van der Waals surface area contributed by atoms with Crippen LogP contribution in [0, 0.1) is 16.0 Å². The molecule has 0 saturated carbocycles. The summed E-state index contributed by atoms with van der Waals surface area (Å²) < 4.78 is 0. The van der Waals surface area contributed by atoms with Crippen LogP contribution in [0.2, 0.25) is 0 Å². The van der Waals surface area contributed by atoms with E-state index < -0.39 is 0 Å². The molecule has 126 valence electrons. The molecule has 1 saturated heterocycles. The van der Waals surface area contributed by atoms with Crippen LogP contribution in [0.15, 0.2) is 23.5 Å². The SMILES string of the molecule is CC(C)(C)N1CCCC(N2C=C3C([N+](=O)[O-])=CCC(=O)C3C2)C1. The lowest BCUT2D eigenvalue weighted by Crippen LogP contribution is -2.52. The normalized spacial score (nSPS) is 29.2. The van der Waals surface area contributed by atoms with Gasteiger partial charge in [0.05, 0.1) is 16.4 Å². The minimum absolute atomic E-state index is 0.104. The van der Waals surface area contributed by atoms with Gasteiger partial charge in [-0.1, -0.05) is 0 Å². The van der Waals surface area contributed by atoms with Crippen LogP contribution < -0.4 is 0 Å². The van der Waals surface area contributed by atoms with Crippen molar-refractivity contribution in [1.29, 1.82) is 0 Å². The van der Waals surface area contributed by atoms with Crippen LogP contribution >= 0.6 is 0 Å². The number of rotatable bonds is 2. The van der Waals surface area contributed by atoms with Gasteiger partial charge < -0.3 is 4.90 Å². The van der Waals surface area contributed by atoms with Crippen LogP contribution in [0.1, 0.15) is 40.0 Å². The Morgan fingerprint density at radius 3 is 2.70 bits per heavy atom. The maximum absolute atomic E-state index is 12.2. The summed E-state index contributed by atoms with van der Waals surface area (Å²) in [5, 5.41) is 11.2. The molecule has 0 bridgehead atoms. The van der Waals surface area contributed by atoms with E-state index >= 15 is 0 Å². The summed E-state index contributed by atoms with van der Waals surface area (Å²) in [6, 6.07) is 0.335. The average Bonchev–Trinajstić information content (AvgIpc) is 2.92. The minimum Gasteiger partial charge on any atom is -0.372 e. The molecule has 0 N–H and O–H groups in total. The summed E-state index contributed by atoms with van der Waals surface area (Å²) in [4.78, 5) is 27.7. The highest BCUT2D eigenvalue weighted by Gasteiger charge is 2.42. The van der Waals surface area contributed by atoms with Crippen molar-refractivity contribution in [2.45, 2.75) is 51.6 Å². The first-order valence-electron chi connectivity index (χ1n) is 8.37. The van der Waals surface area contributed by atoms with Crippen LogP contribution in [0.3, 0.4) is 0 Å². The molecule has 0 radical (unpaired) electrons. The second-order valence-corrected chi connectivity index (χ2v) is 7.76. The molecule has 0 aromatic rings. The number of nitro groups is 1. The lowest BCUT2D eigenvalue weighted by Gasteiger charge is -2.44. The average molecular weight is 319 g/mol. The monoisotopic (exact) mass is 319 g/mol. The molecule has 6 heteroatoms. The smallest absolute Gasteiger partial charge is 0.271 e. The van der Waals surface area contributed by atoms with E-state index in [2.05, 4.69) is 30.6 Å². The standard InChI is InChI=1S/C17H25N3O3/c1-17(2,3)19-8-4-5-12(9-19)18-10-13-14(11-18)16(21)7-6-15(13)20(22)23/h6,10,12,14H,4-5,7-9,11H2,1-3H3. The molecular weight excluding hydrogens is 294 g/mol. The number of hydrogen-bond acceptors (Lipinski definition) is 5. The highest BCUT2D eigenvalue weighted by Crippen LogP contribution is 2.36. The number of nitrogens with zero attached hydrogens (tertiary/aromatic N) is 3. The summed E-state index contributed by atoms with van der Waals surface area (Å²) in [6.45, 7) is 9.29. The molecule has 6 nitrogen and oxygen atoms in total. The van der Waals surface area contributed by atoms with E-state index in [1.54, 1.807) is 0 Å². The summed E-state index contributed by atoms with van der Waals surface area (Å²) >= 11 is 0. The molecule has 1 fully saturated rings. The van der Waals surface area contributed by atoms with Crippen LogP contribution in [0.25, 0.3) is 0 Å². The Bertz CT molecular complexity index is 588. The van der Waals surface area contributed by atoms with Gasteiger partial charge >= 0.3 is 0 Å². The van der Waals surface area contributed by atoms with E-state index in [0.717, 1.165) is 25.9 Å². The van der Waals surface area contributed by atoms with E-state index in [1.165, 1.54) is 6.08 Å². The number of likely N-dealkylation sites (tertiary alicyclic amines) is 1. The van der Waals surface area contributed by atoms with Gasteiger partial charge in [0.15, 0.2) is 0 Å². The van der Waals surface area contributed by atoms with Crippen LogP contribution in [-0.2, 0) is 4.79 Å². The first-order valence-corrected chi connectivity index (χ1v) is 8.37. The predicted octanol–water partition coefficient (Wildman–Crippen LogP) is 2.20. The largest absolute Gasteiger partial charge is 0.372 e. The number of ketones is 1. The number of piperidine rings is 1. The van der Waals surface area contributed by atoms with E-state index in [1.807, 2.05) is 6.20 Å². The molecule has 1 aliphatic carbocycles. The van der Waals surface area contributed by atoms with Crippen molar-refractivity contribution >= 4 is 5.78 Å². The Balaban J connectivity index is 1.79. The number of Topliss-reactive ketones (excluding diaryl/α,β-unsaturated/α-hetero) is 1. The molecule has 2 heterocycles. The van der Waals surface area contributed by atoms with Gasteiger partial charge in [-0.3, -0.25) is 19.8 Å². The Hall–Kier alpha value is -1.69. The highest BCUT2D eigenvalue weighted by molar-refractivity contribution is 5.88. The zero-order valence-electron chi connectivity index (χ0n) is 14.1. The molecule has 2 atom stereocenters. The third kappa shape index (κ3) is 3.04. The first kappa shape index (κ1) is 16.2. The molecule has 0 amide bonds. The fraction of sp³-hybridized carbons (Fsp3) is 0.706. The van der Waals surface area contributed by atoms with Crippen LogP contribution in [0.4, 0.5) is 0 Å².